The van der Waals surface area contributed by atoms with E-state index in [0.717, 1.165) is 88.0 Å². The maximum absolute atomic E-state index is 14.3. The number of methoxy groups -OCH3 is 1. The van der Waals surface area contributed by atoms with Gasteiger partial charge in [-0.1, -0.05) is 12.1 Å². The van der Waals surface area contributed by atoms with Crippen molar-refractivity contribution in [2.24, 2.45) is 0 Å². The summed E-state index contributed by atoms with van der Waals surface area (Å²) in [6.45, 7) is 9.72. The van der Waals surface area contributed by atoms with Crippen molar-refractivity contribution in [3.63, 3.8) is 0 Å². The zero-order valence-electron chi connectivity index (χ0n) is 23.4. The summed E-state index contributed by atoms with van der Waals surface area (Å²) >= 11 is 0. The van der Waals surface area contributed by atoms with E-state index in [1.165, 1.54) is 30.5 Å². The first-order valence-corrected chi connectivity index (χ1v) is 14.7. The van der Waals surface area contributed by atoms with E-state index in [2.05, 4.69) is 31.7 Å². The molecule has 2 saturated heterocycles. The molecule has 0 aliphatic carbocycles. The van der Waals surface area contributed by atoms with Crippen molar-refractivity contribution in [2.75, 3.05) is 64.4 Å². The molecule has 0 saturated carbocycles. The van der Waals surface area contributed by atoms with Gasteiger partial charge in [0, 0.05) is 69.1 Å². The van der Waals surface area contributed by atoms with E-state index in [1.54, 1.807) is 19.2 Å². The van der Waals surface area contributed by atoms with Crippen LogP contribution in [0.4, 0.5) is 20.2 Å². The van der Waals surface area contributed by atoms with Gasteiger partial charge in [0.05, 0.1) is 7.11 Å². The predicted molar refractivity (Wildman–Crippen MR) is 156 cm³/mol. The smallest absolute Gasteiger partial charge is 0.123 e. The summed E-state index contributed by atoms with van der Waals surface area (Å²) in [5, 5.41) is 0. The molecule has 0 bridgehead atoms. The number of ether oxygens (including phenoxy) is 1. The van der Waals surface area contributed by atoms with Gasteiger partial charge in [0.2, 0.25) is 0 Å². The number of likely N-dealkylation sites (tertiary alicyclic amines) is 1. The molecule has 0 radical (unpaired) electrons. The zero-order chi connectivity index (χ0) is 27.5. The highest BCUT2D eigenvalue weighted by Gasteiger charge is 2.42. The van der Waals surface area contributed by atoms with Crippen molar-refractivity contribution in [1.29, 1.82) is 0 Å². The molecule has 0 spiro atoms. The van der Waals surface area contributed by atoms with Crippen LogP contribution in [0.3, 0.4) is 0 Å². The SMILES string of the molecule is COc1ccc(CN2CCN(CCCCN3CCC4C(C3)c3cc(F)ccc3N4c3ccc(F)cc3)CC2)cc1. The number of piperidine rings is 1. The molecule has 40 heavy (non-hydrogen) atoms. The molecule has 3 aromatic carbocycles. The Hall–Kier alpha value is -3.00. The number of hydrogen-bond acceptors (Lipinski definition) is 5. The molecule has 2 unspecified atom stereocenters. The Morgan fingerprint density at radius 1 is 0.750 bits per heavy atom. The summed E-state index contributed by atoms with van der Waals surface area (Å²) in [5.41, 5.74) is 4.48. The van der Waals surface area contributed by atoms with Gasteiger partial charge in [-0.05, 0) is 98.1 Å². The highest BCUT2D eigenvalue weighted by molar-refractivity contribution is 5.73. The first kappa shape index (κ1) is 27.2. The van der Waals surface area contributed by atoms with Gasteiger partial charge in [0.15, 0.2) is 0 Å². The highest BCUT2D eigenvalue weighted by Crippen LogP contribution is 2.48. The Labute approximate surface area is 236 Å². The van der Waals surface area contributed by atoms with Crippen LogP contribution in [-0.2, 0) is 6.54 Å². The van der Waals surface area contributed by atoms with E-state index in [9.17, 15) is 8.78 Å². The molecule has 0 amide bonds. The lowest BCUT2D eigenvalue weighted by atomic mass is 9.89. The Morgan fingerprint density at radius 2 is 1.43 bits per heavy atom. The lowest BCUT2D eigenvalue weighted by molar-refractivity contribution is 0.123. The molecule has 2 fully saturated rings. The van der Waals surface area contributed by atoms with Crippen molar-refractivity contribution in [3.05, 3.63) is 89.5 Å². The van der Waals surface area contributed by atoms with E-state index < -0.39 is 0 Å². The van der Waals surface area contributed by atoms with Crippen LogP contribution in [0, 0.1) is 11.6 Å². The number of benzene rings is 3. The quantitative estimate of drug-likeness (QED) is 0.312. The molecule has 0 N–H and O–H groups in total. The maximum Gasteiger partial charge on any atom is 0.123 e. The minimum absolute atomic E-state index is 0.181. The van der Waals surface area contributed by atoms with Crippen LogP contribution in [-0.4, -0.2) is 80.2 Å². The van der Waals surface area contributed by atoms with Gasteiger partial charge in [-0.2, -0.15) is 0 Å². The number of anilines is 2. The van der Waals surface area contributed by atoms with Gasteiger partial charge in [-0.25, -0.2) is 8.78 Å². The number of hydrogen-bond donors (Lipinski definition) is 0. The summed E-state index contributed by atoms with van der Waals surface area (Å²) < 4.78 is 33.2. The second kappa shape index (κ2) is 12.2. The van der Waals surface area contributed by atoms with Crippen molar-refractivity contribution >= 4 is 11.4 Å². The number of rotatable bonds is 9. The van der Waals surface area contributed by atoms with Gasteiger partial charge in [-0.3, -0.25) is 4.90 Å². The largest absolute Gasteiger partial charge is 0.497 e. The van der Waals surface area contributed by atoms with Crippen LogP contribution in [0.1, 0.15) is 36.3 Å². The molecule has 6 rings (SSSR count). The first-order valence-electron chi connectivity index (χ1n) is 14.7. The fraction of sp³-hybridized carbons (Fsp3) is 0.455. The Morgan fingerprint density at radius 3 is 2.15 bits per heavy atom. The molecule has 5 nitrogen and oxygen atoms in total. The summed E-state index contributed by atoms with van der Waals surface area (Å²) in [6.07, 6.45) is 3.41. The third kappa shape index (κ3) is 6.02. The molecule has 7 heteroatoms. The second-order valence-electron chi connectivity index (χ2n) is 11.5. The fourth-order valence-corrected chi connectivity index (χ4v) is 6.81. The average molecular weight is 547 g/mol. The number of nitrogens with zero attached hydrogens (tertiary/aromatic N) is 4. The van der Waals surface area contributed by atoms with Crippen molar-refractivity contribution in [3.8, 4) is 5.75 Å². The van der Waals surface area contributed by atoms with Crippen LogP contribution in [0.5, 0.6) is 5.75 Å². The minimum atomic E-state index is -0.232. The average Bonchev–Trinajstić information content (AvgIpc) is 3.30. The van der Waals surface area contributed by atoms with Gasteiger partial charge in [-0.15, -0.1) is 0 Å². The first-order chi connectivity index (χ1) is 19.6. The van der Waals surface area contributed by atoms with E-state index in [1.807, 2.05) is 30.3 Å². The number of unbranched alkanes of at least 4 members (excludes halogenated alkanes) is 1. The van der Waals surface area contributed by atoms with Crippen molar-refractivity contribution < 1.29 is 13.5 Å². The maximum atomic E-state index is 14.3. The fourth-order valence-electron chi connectivity index (χ4n) is 6.81. The molecular weight excluding hydrogens is 506 g/mol. The molecule has 212 valence electrons. The zero-order valence-corrected chi connectivity index (χ0v) is 23.4. The van der Waals surface area contributed by atoms with Gasteiger partial charge < -0.3 is 19.4 Å². The molecule has 3 aliphatic rings. The normalized spacial score (nSPS) is 21.8. The highest BCUT2D eigenvalue weighted by atomic mass is 19.1. The lowest BCUT2D eigenvalue weighted by Crippen LogP contribution is -2.46. The Balaban J connectivity index is 0.966. The van der Waals surface area contributed by atoms with E-state index >= 15 is 0 Å². The van der Waals surface area contributed by atoms with E-state index in [-0.39, 0.29) is 23.6 Å². The third-order valence-corrected chi connectivity index (χ3v) is 8.97. The molecule has 3 heterocycles. The van der Waals surface area contributed by atoms with E-state index in [0.29, 0.717) is 0 Å². The standard InChI is InChI=1S/C33H40F2N4O/c1-40-29-11-4-25(5-12-29)23-38-20-18-36(19-21-38)15-2-3-16-37-17-14-33-31(24-37)30-22-27(35)8-13-32(30)39(33)28-9-6-26(34)7-10-28/h4-13,22,31,33H,2-3,14-21,23-24H2,1H3. The minimum Gasteiger partial charge on any atom is -0.497 e. The summed E-state index contributed by atoms with van der Waals surface area (Å²) in [4.78, 5) is 10.0. The second-order valence-corrected chi connectivity index (χ2v) is 11.5. The van der Waals surface area contributed by atoms with Crippen LogP contribution in [0.15, 0.2) is 66.7 Å². The van der Waals surface area contributed by atoms with Gasteiger partial charge in [0.1, 0.15) is 17.4 Å². The number of piperazine rings is 1. The summed E-state index contributed by atoms with van der Waals surface area (Å²) in [6, 6.07) is 20.6. The Kier molecular flexibility index (Phi) is 8.32. The Bertz CT molecular complexity index is 1260. The predicted octanol–water partition coefficient (Wildman–Crippen LogP) is 5.88. The molecular formula is C33H40F2N4O. The van der Waals surface area contributed by atoms with Crippen LogP contribution in [0.2, 0.25) is 0 Å². The number of halogens is 2. The number of fused-ring (bicyclic) bond motifs is 3. The molecule has 2 atom stereocenters. The van der Waals surface area contributed by atoms with Crippen molar-refractivity contribution in [1.82, 2.24) is 14.7 Å². The monoisotopic (exact) mass is 546 g/mol. The topological polar surface area (TPSA) is 22.2 Å². The van der Waals surface area contributed by atoms with Crippen LogP contribution < -0.4 is 9.64 Å². The summed E-state index contributed by atoms with van der Waals surface area (Å²) in [7, 11) is 1.71. The molecule has 0 aromatic heterocycles. The van der Waals surface area contributed by atoms with E-state index in [4.69, 9.17) is 4.74 Å². The lowest BCUT2D eigenvalue weighted by Gasteiger charge is -2.39. The van der Waals surface area contributed by atoms with Gasteiger partial charge >= 0.3 is 0 Å². The third-order valence-electron chi connectivity index (χ3n) is 8.97. The molecule has 3 aromatic rings. The summed E-state index contributed by atoms with van der Waals surface area (Å²) in [5.74, 6) is 0.763. The van der Waals surface area contributed by atoms with Crippen molar-refractivity contribution in [2.45, 2.75) is 37.8 Å². The van der Waals surface area contributed by atoms with Gasteiger partial charge in [0.25, 0.3) is 0 Å². The van der Waals surface area contributed by atoms with Crippen LogP contribution >= 0.6 is 0 Å². The van der Waals surface area contributed by atoms with Crippen LogP contribution in [0.25, 0.3) is 0 Å². The molecule has 3 aliphatic heterocycles.